The molecule has 0 spiro atoms. The summed E-state index contributed by atoms with van der Waals surface area (Å²) in [5.41, 5.74) is 5.51. The number of hydrogen-bond donors (Lipinski definition) is 0. The summed E-state index contributed by atoms with van der Waals surface area (Å²) >= 11 is 6.18. The number of anilines is 2. The minimum absolute atomic E-state index is 0.692. The molecule has 0 saturated carbocycles. The first-order valence-electron chi connectivity index (χ1n) is 8.41. The first-order chi connectivity index (χ1) is 12.2. The van der Waals surface area contributed by atoms with Crippen LogP contribution in [0.3, 0.4) is 0 Å². The molecule has 0 fully saturated rings. The van der Waals surface area contributed by atoms with E-state index in [2.05, 4.69) is 50.2 Å². The van der Waals surface area contributed by atoms with Crippen LogP contribution in [0.2, 0.25) is 5.02 Å². The third kappa shape index (κ3) is 4.49. The zero-order chi connectivity index (χ0) is 17.6. The number of hydrazone groups is 1. The average molecular weight is 349 g/mol. The van der Waals surface area contributed by atoms with Crippen LogP contribution in [0.5, 0.6) is 0 Å². The van der Waals surface area contributed by atoms with E-state index >= 15 is 0 Å². The van der Waals surface area contributed by atoms with E-state index < -0.39 is 0 Å². The second-order valence-corrected chi connectivity index (χ2v) is 6.41. The highest BCUT2D eigenvalue weighted by molar-refractivity contribution is 6.30. The summed E-state index contributed by atoms with van der Waals surface area (Å²) in [6, 6.07) is 24.5. The van der Waals surface area contributed by atoms with Gasteiger partial charge < -0.3 is 0 Å². The monoisotopic (exact) mass is 348 g/mol. The Bertz CT molecular complexity index is 824. The second-order valence-electron chi connectivity index (χ2n) is 5.97. The minimum atomic E-state index is 0.692. The Morgan fingerprint density at radius 3 is 2.24 bits per heavy atom. The zero-order valence-corrected chi connectivity index (χ0v) is 15.2. The fourth-order valence-corrected chi connectivity index (χ4v) is 2.80. The molecule has 0 saturated heterocycles. The quantitative estimate of drug-likeness (QED) is 0.385. The van der Waals surface area contributed by atoms with Crippen molar-refractivity contribution in [2.75, 3.05) is 5.01 Å². The summed E-state index contributed by atoms with van der Waals surface area (Å²) in [7, 11) is 0. The van der Waals surface area contributed by atoms with E-state index in [0.717, 1.165) is 23.4 Å². The van der Waals surface area contributed by atoms with Crippen molar-refractivity contribution in [3.63, 3.8) is 0 Å². The molecule has 0 bridgehead atoms. The first kappa shape index (κ1) is 17.2. The Kier molecular flexibility index (Phi) is 5.52. The highest BCUT2D eigenvalue weighted by Gasteiger charge is 2.08. The molecular weight excluding hydrogens is 328 g/mol. The largest absolute Gasteiger partial charge is 0.234 e. The van der Waals surface area contributed by atoms with Crippen molar-refractivity contribution in [2.45, 2.75) is 20.3 Å². The maximum absolute atomic E-state index is 6.18. The van der Waals surface area contributed by atoms with Crippen molar-refractivity contribution in [1.82, 2.24) is 0 Å². The van der Waals surface area contributed by atoms with E-state index in [9.17, 15) is 0 Å². The van der Waals surface area contributed by atoms with Gasteiger partial charge in [0.1, 0.15) is 0 Å². The maximum atomic E-state index is 6.18. The van der Waals surface area contributed by atoms with E-state index in [1.807, 2.05) is 47.6 Å². The van der Waals surface area contributed by atoms with Gasteiger partial charge in [-0.1, -0.05) is 61.0 Å². The van der Waals surface area contributed by atoms with Crippen LogP contribution in [0, 0.1) is 6.92 Å². The molecule has 126 valence electrons. The van der Waals surface area contributed by atoms with Crippen LogP contribution in [-0.4, -0.2) is 6.21 Å². The lowest BCUT2D eigenvalue weighted by Gasteiger charge is -2.20. The third-order valence-corrected chi connectivity index (χ3v) is 4.24. The number of nitrogens with zero attached hydrogens (tertiary/aromatic N) is 2. The highest BCUT2D eigenvalue weighted by atomic mass is 35.5. The first-order valence-corrected chi connectivity index (χ1v) is 8.79. The molecule has 0 aromatic heterocycles. The summed E-state index contributed by atoms with van der Waals surface area (Å²) < 4.78 is 0. The molecule has 3 aromatic rings. The number of aryl methyl sites for hydroxylation is 2. The van der Waals surface area contributed by atoms with Crippen molar-refractivity contribution in [3.8, 4) is 0 Å². The summed E-state index contributed by atoms with van der Waals surface area (Å²) in [6.07, 6.45) is 2.91. The van der Waals surface area contributed by atoms with Crippen molar-refractivity contribution in [1.29, 1.82) is 0 Å². The van der Waals surface area contributed by atoms with Gasteiger partial charge in [0.05, 0.1) is 17.6 Å². The van der Waals surface area contributed by atoms with Gasteiger partial charge in [-0.2, -0.15) is 5.10 Å². The fourth-order valence-electron chi connectivity index (χ4n) is 2.61. The molecule has 0 aliphatic rings. The SMILES string of the molecule is CCc1ccc(C=NN(c2cccc(C)c2)c2cccc(Cl)c2)cc1. The molecule has 3 heteroatoms. The van der Waals surface area contributed by atoms with Crippen molar-refractivity contribution < 1.29 is 0 Å². The fraction of sp³-hybridized carbons (Fsp3) is 0.136. The van der Waals surface area contributed by atoms with Crippen molar-refractivity contribution >= 4 is 29.2 Å². The minimum Gasteiger partial charge on any atom is -0.234 e. The molecule has 2 nitrogen and oxygen atoms in total. The molecule has 0 heterocycles. The molecule has 0 aliphatic heterocycles. The van der Waals surface area contributed by atoms with Crippen LogP contribution < -0.4 is 5.01 Å². The molecular formula is C22H21ClN2. The van der Waals surface area contributed by atoms with Crippen LogP contribution in [-0.2, 0) is 6.42 Å². The van der Waals surface area contributed by atoms with Gasteiger partial charge in [-0.05, 0) is 60.4 Å². The van der Waals surface area contributed by atoms with E-state index in [4.69, 9.17) is 16.7 Å². The molecule has 3 aromatic carbocycles. The van der Waals surface area contributed by atoms with Crippen LogP contribution in [0.25, 0.3) is 0 Å². The molecule has 0 N–H and O–H groups in total. The number of hydrogen-bond acceptors (Lipinski definition) is 2. The molecule has 25 heavy (non-hydrogen) atoms. The van der Waals surface area contributed by atoms with E-state index in [1.165, 1.54) is 11.1 Å². The van der Waals surface area contributed by atoms with E-state index in [0.29, 0.717) is 5.02 Å². The molecule has 0 atom stereocenters. The van der Waals surface area contributed by atoms with Gasteiger partial charge >= 0.3 is 0 Å². The highest BCUT2D eigenvalue weighted by Crippen LogP contribution is 2.28. The summed E-state index contributed by atoms with van der Waals surface area (Å²) in [5, 5.41) is 7.32. The van der Waals surface area contributed by atoms with Gasteiger partial charge in [0.15, 0.2) is 0 Å². The maximum Gasteiger partial charge on any atom is 0.0667 e. The van der Waals surface area contributed by atoms with Gasteiger partial charge in [-0.15, -0.1) is 0 Å². The molecule has 3 rings (SSSR count). The number of rotatable bonds is 5. The predicted molar refractivity (Wildman–Crippen MR) is 108 cm³/mol. The number of halogens is 1. The summed E-state index contributed by atoms with van der Waals surface area (Å²) in [5.74, 6) is 0. The van der Waals surface area contributed by atoms with Gasteiger partial charge in [0.25, 0.3) is 0 Å². The Morgan fingerprint density at radius 2 is 1.60 bits per heavy atom. The Morgan fingerprint density at radius 1 is 0.920 bits per heavy atom. The Labute approximate surface area is 154 Å². The van der Waals surface area contributed by atoms with Crippen LogP contribution in [0.4, 0.5) is 11.4 Å². The van der Waals surface area contributed by atoms with Crippen LogP contribution >= 0.6 is 11.6 Å². The topological polar surface area (TPSA) is 15.6 Å². The Hall–Kier alpha value is -2.58. The summed E-state index contributed by atoms with van der Waals surface area (Å²) in [6.45, 7) is 4.23. The average Bonchev–Trinajstić information content (AvgIpc) is 2.63. The van der Waals surface area contributed by atoms with Gasteiger partial charge in [0, 0.05) is 5.02 Å². The lowest BCUT2D eigenvalue weighted by atomic mass is 10.1. The van der Waals surface area contributed by atoms with Crippen LogP contribution in [0.15, 0.2) is 77.9 Å². The molecule has 0 aliphatic carbocycles. The smallest absolute Gasteiger partial charge is 0.0667 e. The van der Waals surface area contributed by atoms with Gasteiger partial charge in [-0.25, -0.2) is 5.01 Å². The number of benzene rings is 3. The molecule has 0 unspecified atom stereocenters. The van der Waals surface area contributed by atoms with E-state index in [-0.39, 0.29) is 0 Å². The van der Waals surface area contributed by atoms with E-state index in [1.54, 1.807) is 0 Å². The van der Waals surface area contributed by atoms with Crippen molar-refractivity contribution in [2.24, 2.45) is 5.10 Å². The van der Waals surface area contributed by atoms with Gasteiger partial charge in [0.2, 0.25) is 0 Å². The lowest BCUT2D eigenvalue weighted by molar-refractivity contribution is 1.09. The van der Waals surface area contributed by atoms with Crippen molar-refractivity contribution in [3.05, 3.63) is 94.5 Å². The normalized spacial score (nSPS) is 11.0. The molecule has 0 amide bonds. The Balaban J connectivity index is 1.97. The van der Waals surface area contributed by atoms with Gasteiger partial charge in [-0.3, -0.25) is 0 Å². The molecule has 0 radical (unpaired) electrons. The lowest BCUT2D eigenvalue weighted by Crippen LogP contribution is -2.09. The predicted octanol–water partition coefficient (Wildman–Crippen LogP) is 6.38. The summed E-state index contributed by atoms with van der Waals surface area (Å²) in [4.78, 5) is 0. The standard InChI is InChI=1S/C22H21ClN2/c1-3-18-10-12-19(13-11-18)16-24-25(21-8-4-6-17(2)14-21)22-9-5-7-20(23)15-22/h4-16H,3H2,1-2H3. The third-order valence-electron chi connectivity index (χ3n) is 4.01. The zero-order valence-electron chi connectivity index (χ0n) is 14.5. The van der Waals surface area contributed by atoms with Crippen LogP contribution in [0.1, 0.15) is 23.6 Å². The second kappa shape index (κ2) is 8.00.